The minimum atomic E-state index is -1.12. The van der Waals surface area contributed by atoms with Crippen molar-refractivity contribution in [2.24, 2.45) is 0 Å². The molecule has 0 spiro atoms. The summed E-state index contributed by atoms with van der Waals surface area (Å²) in [6.45, 7) is 2.28. The van der Waals surface area contributed by atoms with Crippen LogP contribution in [0.3, 0.4) is 0 Å². The summed E-state index contributed by atoms with van der Waals surface area (Å²) < 4.78 is 0. The number of carbonyl (C=O) groups is 2. The number of rotatable bonds is 4. The number of urea groups is 1. The molecule has 1 heterocycles. The Morgan fingerprint density at radius 3 is 2.67 bits per heavy atom. The van der Waals surface area contributed by atoms with Gasteiger partial charge in [0.05, 0.1) is 0 Å². The van der Waals surface area contributed by atoms with E-state index in [0.717, 1.165) is 30.4 Å². The maximum Gasteiger partial charge on any atom is 0.329 e. The van der Waals surface area contributed by atoms with Crippen LogP contribution in [0.25, 0.3) is 0 Å². The maximum atomic E-state index is 12.0. The van der Waals surface area contributed by atoms with E-state index in [1.807, 2.05) is 13.0 Å². The van der Waals surface area contributed by atoms with Gasteiger partial charge in [-0.15, -0.1) is 0 Å². The van der Waals surface area contributed by atoms with E-state index < -0.39 is 17.5 Å². The van der Waals surface area contributed by atoms with Crippen molar-refractivity contribution in [1.29, 1.82) is 0 Å². The van der Waals surface area contributed by atoms with Gasteiger partial charge in [-0.1, -0.05) is 19.3 Å². The van der Waals surface area contributed by atoms with E-state index in [-0.39, 0.29) is 0 Å². The highest BCUT2D eigenvalue weighted by molar-refractivity contribution is 5.86. The Morgan fingerprint density at radius 2 is 2.05 bits per heavy atom. The van der Waals surface area contributed by atoms with Gasteiger partial charge >= 0.3 is 12.0 Å². The zero-order chi connectivity index (χ0) is 15.3. The van der Waals surface area contributed by atoms with Crippen molar-refractivity contribution in [3.63, 3.8) is 0 Å². The second kappa shape index (κ2) is 6.56. The zero-order valence-electron chi connectivity index (χ0n) is 12.2. The van der Waals surface area contributed by atoms with Crippen LogP contribution in [0.15, 0.2) is 18.5 Å². The Hall–Kier alpha value is -2.11. The first kappa shape index (κ1) is 15.3. The second-order valence-corrected chi connectivity index (χ2v) is 5.56. The quantitative estimate of drug-likeness (QED) is 0.791. The summed E-state index contributed by atoms with van der Waals surface area (Å²) in [5, 5.41) is 14.8. The lowest BCUT2D eigenvalue weighted by Crippen LogP contribution is -2.57. The highest BCUT2D eigenvalue weighted by Gasteiger charge is 2.40. The number of pyridine rings is 1. The van der Waals surface area contributed by atoms with E-state index in [1.54, 1.807) is 12.4 Å². The van der Waals surface area contributed by atoms with Gasteiger partial charge in [0.2, 0.25) is 0 Å². The molecule has 1 fully saturated rings. The maximum absolute atomic E-state index is 12.0. The van der Waals surface area contributed by atoms with Crippen LogP contribution in [0.4, 0.5) is 4.79 Å². The molecule has 0 saturated heterocycles. The van der Waals surface area contributed by atoms with Gasteiger partial charge < -0.3 is 15.7 Å². The van der Waals surface area contributed by atoms with Crippen LogP contribution in [0.5, 0.6) is 0 Å². The molecule has 3 N–H and O–H groups in total. The number of nitrogens with one attached hydrogen (secondary N) is 2. The minimum absolute atomic E-state index is 0.357. The summed E-state index contributed by atoms with van der Waals surface area (Å²) in [6.07, 6.45) is 7.06. The van der Waals surface area contributed by atoms with Crippen molar-refractivity contribution < 1.29 is 14.7 Å². The average Bonchev–Trinajstić information content (AvgIpc) is 2.47. The van der Waals surface area contributed by atoms with E-state index >= 15 is 0 Å². The van der Waals surface area contributed by atoms with Gasteiger partial charge in [0.25, 0.3) is 0 Å². The Kier molecular flexibility index (Phi) is 4.77. The normalized spacial score (nSPS) is 17.0. The molecule has 2 amide bonds. The molecule has 6 nitrogen and oxygen atoms in total. The number of aromatic nitrogens is 1. The first-order valence-corrected chi connectivity index (χ1v) is 7.22. The molecule has 0 radical (unpaired) electrons. The largest absolute Gasteiger partial charge is 0.480 e. The van der Waals surface area contributed by atoms with Crippen LogP contribution in [-0.2, 0) is 11.3 Å². The van der Waals surface area contributed by atoms with Crippen molar-refractivity contribution in [2.75, 3.05) is 0 Å². The number of hydrogen-bond donors (Lipinski definition) is 3. The van der Waals surface area contributed by atoms with Crippen molar-refractivity contribution in [3.05, 3.63) is 29.6 Å². The number of carbonyl (C=O) groups excluding carboxylic acids is 1. The summed E-state index contributed by atoms with van der Waals surface area (Å²) >= 11 is 0. The smallest absolute Gasteiger partial charge is 0.329 e. The molecule has 1 aromatic heterocycles. The third-order valence-electron chi connectivity index (χ3n) is 4.05. The number of amides is 2. The van der Waals surface area contributed by atoms with E-state index in [9.17, 15) is 14.7 Å². The second-order valence-electron chi connectivity index (χ2n) is 5.56. The molecule has 1 aliphatic carbocycles. The van der Waals surface area contributed by atoms with E-state index in [2.05, 4.69) is 15.6 Å². The van der Waals surface area contributed by atoms with Crippen LogP contribution < -0.4 is 10.6 Å². The van der Waals surface area contributed by atoms with Gasteiger partial charge in [-0.3, -0.25) is 4.98 Å². The van der Waals surface area contributed by atoms with E-state index in [1.165, 1.54) is 0 Å². The predicted octanol–water partition coefficient (Wildman–Crippen LogP) is 1.98. The molecular formula is C15H21N3O3. The first-order valence-electron chi connectivity index (χ1n) is 7.22. The fraction of sp³-hybridized carbons (Fsp3) is 0.533. The fourth-order valence-electron chi connectivity index (χ4n) is 2.69. The molecule has 1 aliphatic rings. The lowest BCUT2D eigenvalue weighted by molar-refractivity contribution is -0.145. The summed E-state index contributed by atoms with van der Waals surface area (Å²) in [5.41, 5.74) is 0.840. The molecule has 0 atom stereocenters. The molecule has 21 heavy (non-hydrogen) atoms. The van der Waals surface area contributed by atoms with Crippen LogP contribution in [-0.4, -0.2) is 27.6 Å². The molecule has 0 bridgehead atoms. The number of carboxylic acid groups (broad SMARTS) is 1. The lowest BCUT2D eigenvalue weighted by Gasteiger charge is -2.33. The third kappa shape index (κ3) is 3.71. The highest BCUT2D eigenvalue weighted by atomic mass is 16.4. The Balaban J connectivity index is 1.94. The van der Waals surface area contributed by atoms with Crippen LogP contribution in [0.2, 0.25) is 0 Å². The number of hydrogen-bond acceptors (Lipinski definition) is 3. The molecule has 0 aliphatic heterocycles. The van der Waals surface area contributed by atoms with Crippen molar-refractivity contribution in [2.45, 2.75) is 51.1 Å². The van der Waals surface area contributed by atoms with Crippen molar-refractivity contribution in [1.82, 2.24) is 15.6 Å². The lowest BCUT2D eigenvalue weighted by atomic mass is 9.82. The van der Waals surface area contributed by atoms with Gasteiger partial charge in [-0.25, -0.2) is 9.59 Å². The average molecular weight is 291 g/mol. The number of carboxylic acids is 1. The minimum Gasteiger partial charge on any atom is -0.480 e. The highest BCUT2D eigenvalue weighted by Crippen LogP contribution is 2.28. The van der Waals surface area contributed by atoms with E-state index in [0.29, 0.717) is 19.4 Å². The molecule has 114 valence electrons. The summed E-state index contributed by atoms with van der Waals surface area (Å²) in [4.78, 5) is 27.5. The topological polar surface area (TPSA) is 91.3 Å². The standard InChI is InChI=1S/C15H21N3O3/c1-11-9-16-8-5-12(11)10-17-14(21)18-15(13(19)20)6-3-2-4-7-15/h5,8-9H,2-4,6-7,10H2,1H3,(H,19,20)(H2,17,18,21). The molecule has 0 unspecified atom stereocenters. The van der Waals surface area contributed by atoms with Crippen LogP contribution in [0.1, 0.15) is 43.2 Å². The molecule has 1 aromatic rings. The molecule has 1 saturated carbocycles. The SMILES string of the molecule is Cc1cnccc1CNC(=O)NC1(C(=O)O)CCCCC1. The van der Waals surface area contributed by atoms with Gasteiger partial charge in [-0.2, -0.15) is 0 Å². The molecule has 2 rings (SSSR count). The first-order chi connectivity index (χ1) is 10.0. The fourth-order valence-corrected chi connectivity index (χ4v) is 2.69. The molecule has 0 aromatic carbocycles. The number of aryl methyl sites for hydroxylation is 1. The van der Waals surface area contributed by atoms with E-state index in [4.69, 9.17) is 0 Å². The van der Waals surface area contributed by atoms with Crippen LogP contribution in [0, 0.1) is 6.92 Å². The number of nitrogens with zero attached hydrogens (tertiary/aromatic N) is 1. The van der Waals surface area contributed by atoms with Gasteiger partial charge in [0, 0.05) is 18.9 Å². The van der Waals surface area contributed by atoms with Crippen LogP contribution >= 0.6 is 0 Å². The van der Waals surface area contributed by atoms with Crippen molar-refractivity contribution >= 4 is 12.0 Å². The zero-order valence-corrected chi connectivity index (χ0v) is 12.2. The monoisotopic (exact) mass is 291 g/mol. The summed E-state index contributed by atoms with van der Waals surface area (Å²) in [5.74, 6) is -0.947. The third-order valence-corrected chi connectivity index (χ3v) is 4.05. The predicted molar refractivity (Wildman–Crippen MR) is 77.8 cm³/mol. The molecule has 6 heteroatoms. The van der Waals surface area contributed by atoms with Gasteiger partial charge in [0.1, 0.15) is 5.54 Å². The van der Waals surface area contributed by atoms with Gasteiger partial charge in [-0.05, 0) is 37.0 Å². The van der Waals surface area contributed by atoms with Gasteiger partial charge in [0.15, 0.2) is 0 Å². The number of aliphatic carboxylic acids is 1. The Morgan fingerprint density at radius 1 is 1.33 bits per heavy atom. The summed E-state index contributed by atoms with van der Waals surface area (Å²) in [6, 6.07) is 1.40. The Bertz CT molecular complexity index is 525. The summed E-state index contributed by atoms with van der Waals surface area (Å²) in [7, 11) is 0. The Labute approximate surface area is 124 Å². The molecular weight excluding hydrogens is 270 g/mol. The van der Waals surface area contributed by atoms with Crippen molar-refractivity contribution in [3.8, 4) is 0 Å².